The highest BCUT2D eigenvalue weighted by Gasteiger charge is 2.05. The summed E-state index contributed by atoms with van der Waals surface area (Å²) in [5.74, 6) is 1.40. The molecule has 5 heteroatoms. The third-order valence-corrected chi connectivity index (χ3v) is 3.68. The number of nitrogens with zero attached hydrogens (tertiary/aromatic N) is 3. The zero-order valence-electron chi connectivity index (χ0n) is 8.93. The Kier molecular flexibility index (Phi) is 3.85. The van der Waals surface area contributed by atoms with Crippen molar-refractivity contribution >= 4 is 23.4 Å². The van der Waals surface area contributed by atoms with Crippen molar-refractivity contribution in [3.63, 3.8) is 0 Å². The Morgan fingerprint density at radius 3 is 2.75 bits per heavy atom. The molecule has 2 heterocycles. The van der Waals surface area contributed by atoms with Crippen LogP contribution in [0.4, 0.5) is 0 Å². The lowest BCUT2D eigenvalue weighted by atomic mass is 10.3. The number of hydrogen-bond acceptors (Lipinski definition) is 3. The highest BCUT2D eigenvalue weighted by molar-refractivity contribution is 7.98. The topological polar surface area (TPSA) is 30.7 Å². The van der Waals surface area contributed by atoms with E-state index in [1.165, 1.54) is 5.56 Å². The molecule has 0 saturated carbocycles. The normalized spacial score (nSPS) is 10.6. The monoisotopic (exact) mass is 253 g/mol. The largest absolute Gasteiger partial charge is 0.325 e. The first kappa shape index (κ1) is 11.5. The number of alkyl halides is 1. The Morgan fingerprint density at radius 2 is 2.12 bits per heavy atom. The van der Waals surface area contributed by atoms with Crippen LogP contribution in [0.1, 0.15) is 11.3 Å². The predicted octanol–water partition coefficient (Wildman–Crippen LogP) is 2.85. The van der Waals surface area contributed by atoms with Gasteiger partial charge in [-0.25, -0.2) is 4.98 Å². The minimum Gasteiger partial charge on any atom is -0.325 e. The van der Waals surface area contributed by atoms with Gasteiger partial charge in [-0.15, -0.1) is 11.6 Å². The van der Waals surface area contributed by atoms with Gasteiger partial charge in [0.1, 0.15) is 0 Å². The highest BCUT2D eigenvalue weighted by atomic mass is 35.5. The average molecular weight is 254 g/mol. The van der Waals surface area contributed by atoms with E-state index in [0.29, 0.717) is 5.88 Å². The Labute approximate surface area is 104 Å². The van der Waals surface area contributed by atoms with Crippen molar-refractivity contribution in [2.45, 2.75) is 16.8 Å². The Hall–Kier alpha value is -1.00. The van der Waals surface area contributed by atoms with Crippen LogP contribution < -0.4 is 0 Å². The molecular formula is C11H12ClN3S. The predicted molar refractivity (Wildman–Crippen MR) is 66.6 cm³/mol. The SMILES string of the molecule is Cn1c(CCl)cnc1SCc1ccncc1. The van der Waals surface area contributed by atoms with Gasteiger partial charge in [0, 0.05) is 25.2 Å². The lowest BCUT2D eigenvalue weighted by Gasteiger charge is -2.03. The van der Waals surface area contributed by atoms with Crippen LogP contribution in [0.3, 0.4) is 0 Å². The molecule has 2 aromatic heterocycles. The van der Waals surface area contributed by atoms with Gasteiger partial charge in [0.15, 0.2) is 5.16 Å². The van der Waals surface area contributed by atoms with E-state index in [-0.39, 0.29) is 0 Å². The van der Waals surface area contributed by atoms with E-state index in [4.69, 9.17) is 11.6 Å². The van der Waals surface area contributed by atoms with Crippen molar-refractivity contribution in [1.82, 2.24) is 14.5 Å². The molecule has 0 atom stereocenters. The van der Waals surface area contributed by atoms with Crippen molar-refractivity contribution in [2.75, 3.05) is 0 Å². The molecule has 84 valence electrons. The van der Waals surface area contributed by atoms with Crippen LogP contribution in [0.25, 0.3) is 0 Å². The molecule has 0 aromatic carbocycles. The summed E-state index contributed by atoms with van der Waals surface area (Å²) in [6, 6.07) is 4.02. The van der Waals surface area contributed by atoms with Crippen LogP contribution in [0.15, 0.2) is 35.9 Å². The Morgan fingerprint density at radius 1 is 1.38 bits per heavy atom. The molecule has 2 rings (SSSR count). The summed E-state index contributed by atoms with van der Waals surface area (Å²) in [6.45, 7) is 0. The quantitative estimate of drug-likeness (QED) is 0.620. The minimum atomic E-state index is 0.499. The standard InChI is InChI=1S/C11H12ClN3S/c1-15-10(6-12)7-14-11(15)16-8-9-2-4-13-5-3-9/h2-5,7H,6,8H2,1H3. The van der Waals surface area contributed by atoms with Crippen LogP contribution in [-0.4, -0.2) is 14.5 Å². The zero-order valence-corrected chi connectivity index (χ0v) is 10.5. The van der Waals surface area contributed by atoms with Crippen molar-refractivity contribution in [1.29, 1.82) is 0 Å². The molecule has 0 aliphatic heterocycles. The van der Waals surface area contributed by atoms with E-state index < -0.39 is 0 Å². The van der Waals surface area contributed by atoms with Gasteiger partial charge in [0.05, 0.1) is 17.8 Å². The first-order chi connectivity index (χ1) is 7.81. The van der Waals surface area contributed by atoms with Gasteiger partial charge in [-0.3, -0.25) is 4.98 Å². The number of imidazole rings is 1. The van der Waals surface area contributed by atoms with Gasteiger partial charge < -0.3 is 4.57 Å². The molecule has 0 N–H and O–H groups in total. The fraction of sp³-hybridized carbons (Fsp3) is 0.273. The maximum absolute atomic E-state index is 5.78. The van der Waals surface area contributed by atoms with E-state index in [0.717, 1.165) is 16.6 Å². The number of halogens is 1. The zero-order chi connectivity index (χ0) is 11.4. The average Bonchev–Trinajstić information content (AvgIpc) is 2.69. The lowest BCUT2D eigenvalue weighted by Crippen LogP contribution is -1.95. The Balaban J connectivity index is 2.02. The van der Waals surface area contributed by atoms with Crippen LogP contribution in [-0.2, 0) is 18.7 Å². The molecule has 0 aliphatic rings. The summed E-state index contributed by atoms with van der Waals surface area (Å²) >= 11 is 7.49. The van der Waals surface area contributed by atoms with Crippen molar-refractivity contribution in [2.24, 2.45) is 7.05 Å². The Bertz CT molecular complexity index is 456. The summed E-state index contributed by atoms with van der Waals surface area (Å²) in [5, 5.41) is 0.993. The third-order valence-electron chi connectivity index (χ3n) is 2.30. The van der Waals surface area contributed by atoms with Crippen LogP contribution >= 0.6 is 23.4 Å². The van der Waals surface area contributed by atoms with Crippen molar-refractivity contribution in [3.8, 4) is 0 Å². The minimum absolute atomic E-state index is 0.499. The third kappa shape index (κ3) is 2.57. The number of rotatable bonds is 4. The molecule has 0 bridgehead atoms. The highest BCUT2D eigenvalue weighted by Crippen LogP contribution is 2.22. The molecule has 2 aromatic rings. The fourth-order valence-corrected chi connectivity index (χ4v) is 2.49. The first-order valence-corrected chi connectivity index (χ1v) is 6.41. The van der Waals surface area contributed by atoms with Crippen LogP contribution in [0, 0.1) is 0 Å². The molecule has 0 saturated heterocycles. The number of pyridine rings is 1. The van der Waals surface area contributed by atoms with Gasteiger partial charge in [0.2, 0.25) is 0 Å². The maximum atomic E-state index is 5.78. The van der Waals surface area contributed by atoms with Gasteiger partial charge in [-0.05, 0) is 17.7 Å². The van der Waals surface area contributed by atoms with Gasteiger partial charge in [-0.2, -0.15) is 0 Å². The molecule has 0 unspecified atom stereocenters. The van der Waals surface area contributed by atoms with E-state index in [1.807, 2.05) is 29.9 Å². The number of hydrogen-bond donors (Lipinski definition) is 0. The first-order valence-electron chi connectivity index (χ1n) is 4.89. The summed E-state index contributed by atoms with van der Waals surface area (Å²) < 4.78 is 2.03. The second-order valence-corrected chi connectivity index (χ2v) is 4.58. The summed E-state index contributed by atoms with van der Waals surface area (Å²) in [7, 11) is 1.99. The molecule has 0 radical (unpaired) electrons. The fourth-order valence-electron chi connectivity index (χ4n) is 1.31. The van der Waals surface area contributed by atoms with E-state index in [2.05, 4.69) is 9.97 Å². The molecule has 0 amide bonds. The van der Waals surface area contributed by atoms with Crippen LogP contribution in [0.2, 0.25) is 0 Å². The molecular weight excluding hydrogens is 242 g/mol. The molecule has 0 spiro atoms. The van der Waals surface area contributed by atoms with E-state index >= 15 is 0 Å². The molecule has 0 fully saturated rings. The molecule has 16 heavy (non-hydrogen) atoms. The number of thioether (sulfide) groups is 1. The summed E-state index contributed by atoms with van der Waals surface area (Å²) in [4.78, 5) is 8.32. The van der Waals surface area contributed by atoms with Gasteiger partial charge >= 0.3 is 0 Å². The lowest BCUT2D eigenvalue weighted by molar-refractivity contribution is 0.761. The van der Waals surface area contributed by atoms with Gasteiger partial charge in [-0.1, -0.05) is 11.8 Å². The van der Waals surface area contributed by atoms with Crippen molar-refractivity contribution < 1.29 is 0 Å². The smallest absolute Gasteiger partial charge is 0.168 e. The van der Waals surface area contributed by atoms with E-state index in [1.54, 1.807) is 24.2 Å². The summed E-state index contributed by atoms with van der Waals surface area (Å²) in [5.41, 5.74) is 2.29. The summed E-state index contributed by atoms with van der Waals surface area (Å²) in [6.07, 6.45) is 5.43. The molecule has 0 aliphatic carbocycles. The second-order valence-electron chi connectivity index (χ2n) is 3.37. The van der Waals surface area contributed by atoms with Crippen LogP contribution in [0.5, 0.6) is 0 Å². The number of aromatic nitrogens is 3. The van der Waals surface area contributed by atoms with Gasteiger partial charge in [0.25, 0.3) is 0 Å². The van der Waals surface area contributed by atoms with E-state index in [9.17, 15) is 0 Å². The van der Waals surface area contributed by atoms with Crippen molar-refractivity contribution in [3.05, 3.63) is 42.0 Å². The second kappa shape index (κ2) is 5.37. The molecule has 3 nitrogen and oxygen atoms in total. The maximum Gasteiger partial charge on any atom is 0.168 e.